The summed E-state index contributed by atoms with van der Waals surface area (Å²) in [7, 11) is -1.50. The quantitative estimate of drug-likeness (QED) is 0.595. The van der Waals surface area contributed by atoms with Gasteiger partial charge < -0.3 is 4.74 Å². The first kappa shape index (κ1) is 15.4. The van der Waals surface area contributed by atoms with Crippen molar-refractivity contribution in [3.8, 4) is 5.75 Å². The van der Waals surface area contributed by atoms with Gasteiger partial charge >= 0.3 is 0 Å². The zero-order chi connectivity index (χ0) is 13.8. The van der Waals surface area contributed by atoms with Crippen LogP contribution in [0.25, 0.3) is 0 Å². The fourth-order valence-corrected chi connectivity index (χ4v) is 3.06. The minimum atomic E-state index is -3.08. The molecular weight excluding hydrogens is 320 g/mol. The molecule has 1 aromatic carbocycles. The maximum atomic E-state index is 11.3. The van der Waals surface area contributed by atoms with Gasteiger partial charge in [0.15, 0.2) is 0 Å². The zero-order valence-corrected chi connectivity index (χ0v) is 12.7. The summed E-state index contributed by atoms with van der Waals surface area (Å²) in [5.74, 6) is 6.09. The molecule has 0 spiro atoms. The maximum absolute atomic E-state index is 11.3. The molecule has 0 bridgehead atoms. The average molecular weight is 337 g/mol. The molecule has 3 N–H and O–H groups in total. The molecule has 102 valence electrons. The number of nitrogens with two attached hydrogens (primary N) is 1. The molecule has 1 rings (SSSR count). The number of hydrogen-bond donors (Lipinski definition) is 2. The highest BCUT2D eigenvalue weighted by Gasteiger charge is 2.16. The molecule has 0 fully saturated rings. The number of nitrogens with one attached hydrogen (secondary N) is 1. The summed E-state index contributed by atoms with van der Waals surface area (Å²) in [6, 6.07) is 5.24. The van der Waals surface area contributed by atoms with Gasteiger partial charge in [-0.05, 0) is 30.2 Å². The first-order chi connectivity index (χ1) is 8.35. The van der Waals surface area contributed by atoms with E-state index in [-0.39, 0.29) is 11.8 Å². The number of ether oxygens (including phenoxy) is 1. The van der Waals surface area contributed by atoms with E-state index < -0.39 is 9.84 Å². The lowest BCUT2D eigenvalue weighted by atomic mass is 10.1. The van der Waals surface area contributed by atoms with Crippen molar-refractivity contribution in [2.75, 3.05) is 19.1 Å². The second-order valence-corrected chi connectivity index (χ2v) is 7.22. The van der Waals surface area contributed by atoms with E-state index in [9.17, 15) is 8.42 Å². The number of methoxy groups -OCH3 is 1. The van der Waals surface area contributed by atoms with Gasteiger partial charge in [0.25, 0.3) is 0 Å². The highest BCUT2D eigenvalue weighted by Crippen LogP contribution is 2.24. The van der Waals surface area contributed by atoms with Crippen LogP contribution in [0.4, 0.5) is 0 Å². The molecule has 1 atom stereocenters. The Bertz CT molecular complexity index is 505. The third-order valence-electron chi connectivity index (χ3n) is 2.45. The molecule has 1 unspecified atom stereocenters. The molecule has 5 nitrogen and oxygen atoms in total. The van der Waals surface area contributed by atoms with E-state index in [0.29, 0.717) is 12.2 Å². The summed E-state index contributed by atoms with van der Waals surface area (Å²) in [5, 5.41) is 0. The minimum absolute atomic E-state index is 0.0147. The van der Waals surface area contributed by atoms with E-state index in [2.05, 4.69) is 21.4 Å². The Balaban J connectivity index is 2.90. The first-order valence-corrected chi connectivity index (χ1v) is 8.17. The second kappa shape index (κ2) is 6.51. The molecule has 0 aliphatic heterocycles. The van der Waals surface area contributed by atoms with Crippen molar-refractivity contribution in [2.24, 2.45) is 5.84 Å². The van der Waals surface area contributed by atoms with Gasteiger partial charge in [-0.3, -0.25) is 11.3 Å². The molecule has 0 radical (unpaired) electrons. The van der Waals surface area contributed by atoms with E-state index in [1.807, 2.05) is 18.2 Å². The van der Waals surface area contributed by atoms with E-state index in [1.165, 1.54) is 6.26 Å². The van der Waals surface area contributed by atoms with Crippen LogP contribution in [0.5, 0.6) is 5.75 Å². The maximum Gasteiger partial charge on any atom is 0.149 e. The largest absolute Gasteiger partial charge is 0.496 e. The third-order valence-corrected chi connectivity index (χ3v) is 3.95. The van der Waals surface area contributed by atoms with Crippen molar-refractivity contribution >= 4 is 25.8 Å². The smallest absolute Gasteiger partial charge is 0.149 e. The van der Waals surface area contributed by atoms with Crippen LogP contribution in [0.15, 0.2) is 22.7 Å². The van der Waals surface area contributed by atoms with Gasteiger partial charge in [-0.15, -0.1) is 0 Å². The second-order valence-electron chi connectivity index (χ2n) is 4.12. The zero-order valence-electron chi connectivity index (χ0n) is 10.3. The Morgan fingerprint density at radius 3 is 2.67 bits per heavy atom. The van der Waals surface area contributed by atoms with Crippen LogP contribution in [0, 0.1) is 0 Å². The van der Waals surface area contributed by atoms with Crippen LogP contribution in [0.2, 0.25) is 0 Å². The van der Waals surface area contributed by atoms with Crippen LogP contribution in [-0.2, 0) is 16.3 Å². The number of halogens is 1. The molecule has 0 aliphatic rings. The molecule has 18 heavy (non-hydrogen) atoms. The molecule has 0 saturated heterocycles. The van der Waals surface area contributed by atoms with Crippen molar-refractivity contribution in [3.63, 3.8) is 0 Å². The molecule has 1 aromatic rings. The van der Waals surface area contributed by atoms with E-state index >= 15 is 0 Å². The van der Waals surface area contributed by atoms with E-state index in [4.69, 9.17) is 10.6 Å². The van der Waals surface area contributed by atoms with Crippen LogP contribution < -0.4 is 16.0 Å². The van der Waals surface area contributed by atoms with Crippen molar-refractivity contribution in [1.82, 2.24) is 5.43 Å². The fourth-order valence-electron chi connectivity index (χ4n) is 1.70. The lowest BCUT2D eigenvalue weighted by molar-refractivity contribution is 0.406. The van der Waals surface area contributed by atoms with Gasteiger partial charge in [0.2, 0.25) is 0 Å². The Morgan fingerprint density at radius 1 is 1.50 bits per heavy atom. The van der Waals surface area contributed by atoms with Gasteiger partial charge in [-0.25, -0.2) is 8.42 Å². The number of hydrogen-bond acceptors (Lipinski definition) is 5. The fraction of sp³-hybridized carbons (Fsp3) is 0.455. The SMILES string of the molecule is COc1ccc(Br)cc1CC(CS(C)(=O)=O)NN. The molecule has 0 aromatic heterocycles. The first-order valence-electron chi connectivity index (χ1n) is 5.32. The molecule has 7 heteroatoms. The average Bonchev–Trinajstić information content (AvgIpc) is 2.26. The van der Waals surface area contributed by atoms with E-state index in [1.54, 1.807) is 7.11 Å². The van der Waals surface area contributed by atoms with Crippen molar-refractivity contribution < 1.29 is 13.2 Å². The van der Waals surface area contributed by atoms with Crippen LogP contribution in [-0.4, -0.2) is 33.6 Å². The van der Waals surface area contributed by atoms with Crippen molar-refractivity contribution in [1.29, 1.82) is 0 Å². The van der Waals surface area contributed by atoms with E-state index in [0.717, 1.165) is 10.0 Å². The Hall–Kier alpha value is -0.630. The highest BCUT2D eigenvalue weighted by atomic mass is 79.9. The molecule has 0 aliphatic carbocycles. The van der Waals surface area contributed by atoms with Gasteiger partial charge in [-0.1, -0.05) is 15.9 Å². The molecule has 0 saturated carbocycles. The lowest BCUT2D eigenvalue weighted by Gasteiger charge is -2.17. The van der Waals surface area contributed by atoms with Gasteiger partial charge in [-0.2, -0.15) is 0 Å². The summed E-state index contributed by atoms with van der Waals surface area (Å²) < 4.78 is 28.7. The van der Waals surface area contributed by atoms with Crippen LogP contribution >= 0.6 is 15.9 Å². The monoisotopic (exact) mass is 336 g/mol. The third kappa shape index (κ3) is 4.93. The number of sulfone groups is 1. The lowest BCUT2D eigenvalue weighted by Crippen LogP contribution is -2.41. The van der Waals surface area contributed by atoms with Crippen LogP contribution in [0.1, 0.15) is 5.56 Å². The Morgan fingerprint density at radius 2 is 2.17 bits per heavy atom. The predicted molar refractivity (Wildman–Crippen MR) is 75.2 cm³/mol. The highest BCUT2D eigenvalue weighted by molar-refractivity contribution is 9.10. The molecule has 0 amide bonds. The van der Waals surface area contributed by atoms with Crippen molar-refractivity contribution in [3.05, 3.63) is 28.2 Å². The summed E-state index contributed by atoms with van der Waals surface area (Å²) in [6.07, 6.45) is 1.67. The summed E-state index contributed by atoms with van der Waals surface area (Å²) in [5.41, 5.74) is 3.43. The topological polar surface area (TPSA) is 81.4 Å². The van der Waals surface area contributed by atoms with Gasteiger partial charge in [0.1, 0.15) is 15.6 Å². The Kier molecular flexibility index (Phi) is 5.58. The van der Waals surface area contributed by atoms with Gasteiger partial charge in [0, 0.05) is 16.8 Å². The standard InChI is InChI=1S/C11H17BrN2O3S/c1-17-11-4-3-9(12)5-8(11)6-10(14-13)7-18(2,15)16/h3-5,10,14H,6-7,13H2,1-2H3. The van der Waals surface area contributed by atoms with Gasteiger partial charge in [0.05, 0.1) is 12.9 Å². The van der Waals surface area contributed by atoms with Crippen LogP contribution in [0.3, 0.4) is 0 Å². The predicted octanol–water partition coefficient (Wildman–Crippen LogP) is 0.877. The Labute approximate surface area is 116 Å². The summed E-state index contributed by atoms with van der Waals surface area (Å²) in [6.45, 7) is 0. The van der Waals surface area contributed by atoms with Crippen molar-refractivity contribution in [2.45, 2.75) is 12.5 Å². The molecular formula is C11H17BrN2O3S. The number of benzene rings is 1. The minimum Gasteiger partial charge on any atom is -0.496 e. The number of rotatable bonds is 6. The normalized spacial score (nSPS) is 13.3. The number of hydrazine groups is 1. The summed E-state index contributed by atoms with van der Waals surface area (Å²) >= 11 is 3.37. The summed E-state index contributed by atoms with van der Waals surface area (Å²) in [4.78, 5) is 0. The molecule has 0 heterocycles.